The van der Waals surface area contributed by atoms with Gasteiger partial charge in [-0.15, -0.1) is 0 Å². The highest BCUT2D eigenvalue weighted by Crippen LogP contribution is 2.29. The van der Waals surface area contributed by atoms with Gasteiger partial charge in [-0.05, 0) is 42.4 Å². The van der Waals surface area contributed by atoms with Crippen molar-refractivity contribution in [2.75, 3.05) is 5.73 Å². The van der Waals surface area contributed by atoms with Gasteiger partial charge in [0.25, 0.3) is 0 Å². The molecule has 18 heavy (non-hydrogen) atoms. The number of rotatable bonds is 3. The molecular formula is C12H11N3O2S. The molecule has 1 aromatic heterocycles. The number of hydrogen-bond donors (Lipinski definition) is 2. The number of benzene rings is 1. The lowest BCUT2D eigenvalue weighted by Gasteiger charge is -2.05. The van der Waals surface area contributed by atoms with Crippen molar-refractivity contribution in [3.63, 3.8) is 0 Å². The number of aromatic carboxylic acids is 1. The number of carbonyl (C=O) groups is 1. The number of anilines is 1. The van der Waals surface area contributed by atoms with Crippen molar-refractivity contribution >= 4 is 23.4 Å². The summed E-state index contributed by atoms with van der Waals surface area (Å²) in [5, 5.41) is 9.61. The average Bonchev–Trinajstić information content (AvgIpc) is 2.34. The average molecular weight is 261 g/mol. The minimum atomic E-state index is -1.02. The van der Waals surface area contributed by atoms with Crippen LogP contribution in [0.2, 0.25) is 0 Å². The van der Waals surface area contributed by atoms with E-state index in [0.29, 0.717) is 15.7 Å². The molecule has 0 fully saturated rings. The predicted molar refractivity (Wildman–Crippen MR) is 68.7 cm³/mol. The molecule has 92 valence electrons. The highest BCUT2D eigenvalue weighted by molar-refractivity contribution is 7.99. The largest absolute Gasteiger partial charge is 0.478 e. The van der Waals surface area contributed by atoms with E-state index in [9.17, 15) is 4.79 Å². The summed E-state index contributed by atoms with van der Waals surface area (Å²) in [4.78, 5) is 19.9. The first kappa shape index (κ1) is 12.4. The first-order chi connectivity index (χ1) is 8.56. The lowest BCUT2D eigenvalue weighted by Crippen LogP contribution is -2.01. The molecular weight excluding hydrogens is 250 g/mol. The van der Waals surface area contributed by atoms with Crippen LogP contribution in [0.5, 0.6) is 0 Å². The smallest absolute Gasteiger partial charge is 0.336 e. The third-order valence-electron chi connectivity index (χ3n) is 2.19. The maximum Gasteiger partial charge on any atom is 0.336 e. The van der Waals surface area contributed by atoms with Gasteiger partial charge in [-0.25, -0.2) is 14.8 Å². The van der Waals surface area contributed by atoms with Gasteiger partial charge in [-0.2, -0.15) is 0 Å². The highest BCUT2D eigenvalue weighted by Gasteiger charge is 2.12. The van der Waals surface area contributed by atoms with Gasteiger partial charge >= 0.3 is 5.97 Å². The third kappa shape index (κ3) is 2.78. The number of nitrogens with zero attached hydrogens (tertiary/aromatic N) is 2. The first-order valence-corrected chi connectivity index (χ1v) is 5.97. The van der Waals surface area contributed by atoms with E-state index in [1.54, 1.807) is 24.5 Å². The van der Waals surface area contributed by atoms with Gasteiger partial charge in [-0.3, -0.25) is 0 Å². The van der Waals surface area contributed by atoms with Crippen LogP contribution in [-0.4, -0.2) is 21.0 Å². The second kappa shape index (κ2) is 5.05. The molecule has 6 heteroatoms. The van der Waals surface area contributed by atoms with Gasteiger partial charge in [-0.1, -0.05) is 0 Å². The summed E-state index contributed by atoms with van der Waals surface area (Å²) in [6, 6.07) is 4.74. The van der Waals surface area contributed by atoms with Gasteiger partial charge in [0.15, 0.2) is 5.16 Å². The summed E-state index contributed by atoms with van der Waals surface area (Å²) >= 11 is 1.20. The molecule has 0 amide bonds. The summed E-state index contributed by atoms with van der Waals surface area (Å²) < 4.78 is 0. The molecule has 0 unspecified atom stereocenters. The van der Waals surface area contributed by atoms with Crippen LogP contribution >= 0.6 is 11.8 Å². The minimum absolute atomic E-state index is 0.157. The normalized spacial score (nSPS) is 10.3. The summed E-state index contributed by atoms with van der Waals surface area (Å²) in [7, 11) is 0. The Hall–Kier alpha value is -2.08. The highest BCUT2D eigenvalue weighted by atomic mass is 32.2. The molecule has 1 aromatic carbocycles. The first-order valence-electron chi connectivity index (χ1n) is 5.15. The summed E-state index contributed by atoms with van der Waals surface area (Å²) in [6.45, 7) is 1.89. The van der Waals surface area contributed by atoms with Crippen LogP contribution in [-0.2, 0) is 0 Å². The molecule has 2 aromatic rings. The standard InChI is InChI=1S/C12H11N3O2S/c1-7-5-14-12(15-6-7)18-10-3-2-8(13)4-9(10)11(16)17/h2-6H,13H2,1H3,(H,16,17). The maximum absolute atomic E-state index is 11.1. The van der Waals surface area contributed by atoms with E-state index >= 15 is 0 Å². The fourth-order valence-electron chi connectivity index (χ4n) is 1.34. The zero-order chi connectivity index (χ0) is 13.1. The lowest BCUT2D eigenvalue weighted by molar-refractivity contribution is 0.0693. The number of carboxylic acids is 1. The number of nitrogen functional groups attached to an aromatic ring is 1. The van der Waals surface area contributed by atoms with Crippen LogP contribution in [0.25, 0.3) is 0 Å². The minimum Gasteiger partial charge on any atom is -0.478 e. The van der Waals surface area contributed by atoms with Crippen LogP contribution < -0.4 is 5.73 Å². The van der Waals surface area contributed by atoms with Crippen molar-refractivity contribution in [3.8, 4) is 0 Å². The van der Waals surface area contributed by atoms with Gasteiger partial charge in [0, 0.05) is 23.0 Å². The quantitative estimate of drug-likeness (QED) is 0.650. The Labute approximate surface area is 108 Å². The second-order valence-electron chi connectivity index (χ2n) is 3.71. The fraction of sp³-hybridized carbons (Fsp3) is 0.0833. The van der Waals surface area contributed by atoms with E-state index in [2.05, 4.69) is 9.97 Å². The van der Waals surface area contributed by atoms with Gasteiger partial charge < -0.3 is 10.8 Å². The Balaban J connectivity index is 2.34. The number of aromatic nitrogens is 2. The van der Waals surface area contributed by atoms with Crippen LogP contribution in [0, 0.1) is 6.92 Å². The molecule has 3 N–H and O–H groups in total. The van der Waals surface area contributed by atoms with E-state index < -0.39 is 5.97 Å². The second-order valence-corrected chi connectivity index (χ2v) is 4.71. The third-order valence-corrected chi connectivity index (χ3v) is 3.16. The molecule has 5 nitrogen and oxygen atoms in total. The lowest BCUT2D eigenvalue weighted by atomic mass is 10.2. The Morgan fingerprint density at radius 1 is 1.33 bits per heavy atom. The Morgan fingerprint density at radius 2 is 2.00 bits per heavy atom. The zero-order valence-electron chi connectivity index (χ0n) is 9.62. The van der Waals surface area contributed by atoms with Crippen molar-refractivity contribution < 1.29 is 9.90 Å². The number of aryl methyl sites for hydroxylation is 1. The number of carboxylic acid groups (broad SMARTS) is 1. The number of nitrogens with two attached hydrogens (primary N) is 1. The van der Waals surface area contributed by atoms with Crippen molar-refractivity contribution in [3.05, 3.63) is 41.7 Å². The van der Waals surface area contributed by atoms with Crippen LogP contribution in [0.15, 0.2) is 40.6 Å². The van der Waals surface area contributed by atoms with Gasteiger partial charge in [0.05, 0.1) is 5.56 Å². The summed E-state index contributed by atoms with van der Waals surface area (Å²) in [6.07, 6.45) is 3.38. The van der Waals surface area contributed by atoms with Gasteiger partial charge in [0.2, 0.25) is 0 Å². The van der Waals surface area contributed by atoms with E-state index in [0.717, 1.165) is 5.56 Å². The maximum atomic E-state index is 11.1. The van der Waals surface area contributed by atoms with E-state index in [1.807, 2.05) is 6.92 Å². The Bertz CT molecular complexity index is 584. The van der Waals surface area contributed by atoms with E-state index in [4.69, 9.17) is 10.8 Å². The van der Waals surface area contributed by atoms with Crippen molar-refractivity contribution in [2.45, 2.75) is 17.0 Å². The molecule has 0 aliphatic heterocycles. The topological polar surface area (TPSA) is 89.1 Å². The number of hydrogen-bond acceptors (Lipinski definition) is 5. The molecule has 0 saturated heterocycles. The van der Waals surface area contributed by atoms with Crippen molar-refractivity contribution in [2.24, 2.45) is 0 Å². The SMILES string of the molecule is Cc1cnc(Sc2ccc(N)cc2C(=O)O)nc1. The van der Waals surface area contributed by atoms with Gasteiger partial charge in [0.1, 0.15) is 0 Å². The van der Waals surface area contributed by atoms with Crippen molar-refractivity contribution in [1.29, 1.82) is 0 Å². The Kier molecular flexibility index (Phi) is 3.47. The predicted octanol–water partition coefficient (Wildman–Crippen LogP) is 2.22. The molecule has 0 atom stereocenters. The van der Waals surface area contributed by atoms with Crippen molar-refractivity contribution in [1.82, 2.24) is 9.97 Å². The van der Waals surface area contributed by atoms with E-state index in [1.165, 1.54) is 17.8 Å². The molecule has 2 rings (SSSR count). The molecule has 0 radical (unpaired) electrons. The molecule has 0 spiro atoms. The van der Waals surface area contributed by atoms with E-state index in [-0.39, 0.29) is 5.56 Å². The molecule has 1 heterocycles. The molecule has 0 aliphatic rings. The Morgan fingerprint density at radius 3 is 2.61 bits per heavy atom. The monoisotopic (exact) mass is 261 g/mol. The molecule has 0 bridgehead atoms. The zero-order valence-corrected chi connectivity index (χ0v) is 10.4. The van der Waals surface area contributed by atoms with Crippen LogP contribution in [0.1, 0.15) is 15.9 Å². The molecule has 0 aliphatic carbocycles. The fourth-order valence-corrected chi connectivity index (χ4v) is 2.14. The van der Waals surface area contributed by atoms with Crippen LogP contribution in [0.3, 0.4) is 0 Å². The summed E-state index contributed by atoms with van der Waals surface area (Å²) in [5.41, 5.74) is 7.10. The van der Waals surface area contributed by atoms with Crippen LogP contribution in [0.4, 0.5) is 5.69 Å². The molecule has 0 saturated carbocycles. The summed E-state index contributed by atoms with van der Waals surface area (Å²) in [5.74, 6) is -1.02.